The van der Waals surface area contributed by atoms with Crippen LogP contribution in [0.5, 0.6) is 0 Å². The molecule has 7 heteroatoms. The first kappa shape index (κ1) is 23.2. The van der Waals surface area contributed by atoms with Crippen LogP contribution in [0.2, 0.25) is 0 Å². The van der Waals surface area contributed by atoms with E-state index in [0.29, 0.717) is 23.6 Å². The number of carbonyl (C=O) groups is 2. The normalized spacial score (nSPS) is 18.2. The van der Waals surface area contributed by atoms with Gasteiger partial charge in [0.15, 0.2) is 0 Å². The summed E-state index contributed by atoms with van der Waals surface area (Å²) in [5.41, 5.74) is 9.45. The molecule has 3 aromatic carbocycles. The second kappa shape index (κ2) is 10.3. The maximum absolute atomic E-state index is 13.2. The molecule has 0 saturated carbocycles. The van der Waals surface area contributed by atoms with Crippen molar-refractivity contribution in [1.29, 1.82) is 0 Å². The fraction of sp³-hybridized carbons (Fsp3) is 0.185. The van der Waals surface area contributed by atoms with E-state index in [1.165, 1.54) is 18.2 Å². The van der Waals surface area contributed by atoms with E-state index >= 15 is 0 Å². The molecule has 1 aliphatic heterocycles. The van der Waals surface area contributed by atoms with Crippen molar-refractivity contribution >= 4 is 35.0 Å². The number of nitrogens with one attached hydrogen (secondary N) is 2. The van der Waals surface area contributed by atoms with E-state index in [4.69, 9.17) is 5.73 Å². The highest BCUT2D eigenvalue weighted by molar-refractivity contribution is 6.03. The second-order valence-electron chi connectivity index (χ2n) is 8.51. The Labute approximate surface area is 198 Å². The number of amides is 2. The number of hydrogen-bond acceptors (Lipinski definition) is 4. The van der Waals surface area contributed by atoms with Gasteiger partial charge in [-0.15, -0.1) is 0 Å². The van der Waals surface area contributed by atoms with E-state index in [2.05, 4.69) is 15.5 Å². The molecule has 1 heterocycles. The van der Waals surface area contributed by atoms with Gasteiger partial charge in [-0.05, 0) is 60.6 Å². The van der Waals surface area contributed by atoms with Crippen LogP contribution in [0, 0.1) is 11.7 Å². The minimum absolute atomic E-state index is 0.0350. The predicted octanol–water partition coefficient (Wildman–Crippen LogP) is 4.34. The Balaban J connectivity index is 1.40. The number of likely N-dealkylation sites (tertiary alicyclic amines) is 1. The lowest BCUT2D eigenvalue weighted by Gasteiger charge is -2.19. The maximum atomic E-state index is 13.2. The fourth-order valence-corrected chi connectivity index (χ4v) is 4.18. The summed E-state index contributed by atoms with van der Waals surface area (Å²) in [6, 6.07) is 20.7. The van der Waals surface area contributed by atoms with E-state index in [0.717, 1.165) is 17.7 Å². The number of carbonyl (C=O) groups excluding carboxylic acids is 2. The zero-order chi connectivity index (χ0) is 24.1. The van der Waals surface area contributed by atoms with Gasteiger partial charge in [0, 0.05) is 30.8 Å². The lowest BCUT2D eigenvalue weighted by Crippen LogP contribution is -2.28. The molecule has 4 rings (SSSR count). The Morgan fingerprint density at radius 3 is 2.38 bits per heavy atom. The summed E-state index contributed by atoms with van der Waals surface area (Å²) < 4.78 is 13.2. The van der Waals surface area contributed by atoms with E-state index in [1.54, 1.807) is 30.3 Å². The maximum Gasteiger partial charge on any atom is 0.248 e. The van der Waals surface area contributed by atoms with Crippen LogP contribution < -0.4 is 16.4 Å². The Bertz CT molecular complexity index is 1190. The molecular formula is C27H27FN4O2. The molecule has 174 valence electrons. The van der Waals surface area contributed by atoms with Crippen LogP contribution in [-0.2, 0) is 9.59 Å². The molecule has 0 aromatic heterocycles. The van der Waals surface area contributed by atoms with Crippen LogP contribution in [0.25, 0.3) is 6.08 Å². The Morgan fingerprint density at radius 1 is 0.971 bits per heavy atom. The lowest BCUT2D eigenvalue weighted by atomic mass is 9.88. The molecule has 0 aliphatic carbocycles. The average Bonchev–Trinajstić information content (AvgIpc) is 3.23. The van der Waals surface area contributed by atoms with Crippen molar-refractivity contribution in [1.82, 2.24) is 4.90 Å². The van der Waals surface area contributed by atoms with E-state index < -0.39 is 0 Å². The van der Waals surface area contributed by atoms with E-state index in [1.807, 2.05) is 43.4 Å². The topological polar surface area (TPSA) is 87.5 Å². The molecule has 0 radical (unpaired) electrons. The first-order chi connectivity index (χ1) is 16.4. The van der Waals surface area contributed by atoms with Crippen molar-refractivity contribution in [3.8, 4) is 0 Å². The highest BCUT2D eigenvalue weighted by Gasteiger charge is 2.37. The zero-order valence-electron chi connectivity index (χ0n) is 18.9. The van der Waals surface area contributed by atoms with E-state index in [-0.39, 0.29) is 29.5 Å². The van der Waals surface area contributed by atoms with Gasteiger partial charge in [0.1, 0.15) is 5.82 Å². The molecule has 0 spiro atoms. The highest BCUT2D eigenvalue weighted by Crippen LogP contribution is 2.33. The van der Waals surface area contributed by atoms with Crippen molar-refractivity contribution in [3.05, 3.63) is 95.8 Å². The van der Waals surface area contributed by atoms with E-state index in [9.17, 15) is 14.0 Å². The highest BCUT2D eigenvalue weighted by atomic mass is 19.1. The molecule has 3 aromatic rings. The predicted molar refractivity (Wildman–Crippen MR) is 134 cm³/mol. The van der Waals surface area contributed by atoms with Crippen molar-refractivity contribution in [2.45, 2.75) is 5.92 Å². The van der Waals surface area contributed by atoms with Gasteiger partial charge in [0.25, 0.3) is 0 Å². The summed E-state index contributed by atoms with van der Waals surface area (Å²) in [6.45, 7) is 1.40. The molecular weight excluding hydrogens is 431 g/mol. The minimum atomic E-state index is -0.340. The Morgan fingerprint density at radius 2 is 1.68 bits per heavy atom. The van der Waals surface area contributed by atoms with Crippen LogP contribution in [0.4, 0.5) is 21.5 Å². The van der Waals surface area contributed by atoms with Crippen molar-refractivity contribution in [3.63, 3.8) is 0 Å². The molecule has 0 bridgehead atoms. The zero-order valence-corrected chi connectivity index (χ0v) is 18.9. The molecule has 6 nitrogen and oxygen atoms in total. The summed E-state index contributed by atoms with van der Waals surface area (Å²) in [7, 11) is 1.99. The van der Waals surface area contributed by atoms with Gasteiger partial charge in [-0.3, -0.25) is 9.59 Å². The van der Waals surface area contributed by atoms with Crippen molar-refractivity contribution in [2.24, 2.45) is 5.92 Å². The standard InChI is InChI=1S/C27H27FN4O2/c1-32-16-22(23(17-32)27(34)30-21-13-11-20(28)12-14-21)19-9-6-18(7-10-19)8-15-26(33)31-25-5-3-2-4-24(25)29/h2-15,22-23H,16-17,29H2,1H3,(H,30,34)(H,31,33)/t22-,23+/m0/s1. The number of rotatable bonds is 6. The average molecular weight is 459 g/mol. The minimum Gasteiger partial charge on any atom is -0.397 e. The number of nitrogens with two attached hydrogens (primary N) is 1. The molecule has 4 N–H and O–H groups in total. The number of para-hydroxylation sites is 2. The summed E-state index contributed by atoms with van der Waals surface area (Å²) in [6.07, 6.45) is 3.20. The number of hydrogen-bond donors (Lipinski definition) is 3. The number of halogens is 1. The molecule has 34 heavy (non-hydrogen) atoms. The number of benzene rings is 3. The third-order valence-electron chi connectivity index (χ3n) is 5.96. The van der Waals surface area contributed by atoms with Crippen molar-refractivity contribution < 1.29 is 14.0 Å². The number of likely N-dealkylation sites (N-methyl/N-ethyl adjacent to an activating group) is 1. The smallest absolute Gasteiger partial charge is 0.248 e. The summed E-state index contributed by atoms with van der Waals surface area (Å²) >= 11 is 0. The monoisotopic (exact) mass is 458 g/mol. The van der Waals surface area contributed by atoms with Gasteiger partial charge in [-0.1, -0.05) is 36.4 Å². The Hall–Kier alpha value is -3.97. The van der Waals surface area contributed by atoms with Crippen LogP contribution >= 0.6 is 0 Å². The summed E-state index contributed by atoms with van der Waals surface area (Å²) in [4.78, 5) is 27.3. The van der Waals surface area contributed by atoms with Gasteiger partial charge in [0.05, 0.1) is 17.3 Å². The third-order valence-corrected chi connectivity index (χ3v) is 5.96. The summed E-state index contributed by atoms with van der Waals surface area (Å²) in [5, 5.41) is 5.66. The van der Waals surface area contributed by atoms with Gasteiger partial charge in [-0.25, -0.2) is 4.39 Å². The number of nitrogens with zero attached hydrogens (tertiary/aromatic N) is 1. The number of nitrogen functional groups attached to an aromatic ring is 1. The molecule has 1 aliphatic rings. The largest absolute Gasteiger partial charge is 0.397 e. The quantitative estimate of drug-likeness (QED) is 0.379. The third kappa shape index (κ3) is 5.68. The molecule has 2 atom stereocenters. The summed E-state index contributed by atoms with van der Waals surface area (Å²) in [5.74, 6) is -0.877. The Kier molecular flexibility index (Phi) is 7.04. The number of anilines is 3. The van der Waals surface area contributed by atoms with Gasteiger partial charge < -0.3 is 21.3 Å². The second-order valence-corrected chi connectivity index (χ2v) is 8.51. The molecule has 1 fully saturated rings. The van der Waals surface area contributed by atoms with Gasteiger partial charge >= 0.3 is 0 Å². The van der Waals surface area contributed by atoms with Crippen LogP contribution in [0.1, 0.15) is 17.0 Å². The molecule has 2 amide bonds. The van der Waals surface area contributed by atoms with Crippen LogP contribution in [0.15, 0.2) is 78.9 Å². The molecule has 1 saturated heterocycles. The lowest BCUT2D eigenvalue weighted by molar-refractivity contribution is -0.119. The first-order valence-corrected chi connectivity index (χ1v) is 11.1. The van der Waals surface area contributed by atoms with Crippen LogP contribution in [0.3, 0.4) is 0 Å². The van der Waals surface area contributed by atoms with Crippen LogP contribution in [-0.4, -0.2) is 36.9 Å². The SMILES string of the molecule is CN1C[C@@H](C(=O)Nc2ccc(F)cc2)[C@H](c2ccc(C=CC(=O)Nc3ccccc3N)cc2)C1. The molecule has 0 unspecified atom stereocenters. The van der Waals surface area contributed by atoms with Gasteiger partial charge in [0.2, 0.25) is 11.8 Å². The van der Waals surface area contributed by atoms with Crippen molar-refractivity contribution in [2.75, 3.05) is 36.5 Å². The fourth-order valence-electron chi connectivity index (χ4n) is 4.18. The first-order valence-electron chi connectivity index (χ1n) is 11.1. The van der Waals surface area contributed by atoms with Gasteiger partial charge in [-0.2, -0.15) is 0 Å².